The maximum Gasteiger partial charge on any atom is 0.102 e. The van der Waals surface area contributed by atoms with E-state index in [4.69, 9.17) is 5.10 Å². The number of para-hydroxylation sites is 1. The lowest BCUT2D eigenvalue weighted by Crippen LogP contribution is -2.01. The Hall–Kier alpha value is -2.85. The zero-order chi connectivity index (χ0) is 16.5. The van der Waals surface area contributed by atoms with Gasteiger partial charge in [0.2, 0.25) is 0 Å². The van der Waals surface area contributed by atoms with E-state index in [9.17, 15) is 5.11 Å². The largest absolute Gasteiger partial charge is 0.390 e. The molecule has 0 aliphatic rings. The molecule has 4 heteroatoms. The molecule has 2 aromatic heterocycles. The molecule has 1 N–H and O–H groups in total. The van der Waals surface area contributed by atoms with Gasteiger partial charge in [-0.1, -0.05) is 48.5 Å². The number of aliphatic hydroxyl groups is 1. The van der Waals surface area contributed by atoms with Crippen molar-refractivity contribution < 1.29 is 5.11 Å². The molecule has 0 aliphatic heterocycles. The molecule has 0 saturated heterocycles. The minimum absolute atomic E-state index is 0.0269. The highest BCUT2D eigenvalue weighted by molar-refractivity contribution is 5.93. The van der Waals surface area contributed by atoms with Gasteiger partial charge in [-0.2, -0.15) is 5.10 Å². The number of nitrogens with zero attached hydrogens (tertiary/aromatic N) is 3. The van der Waals surface area contributed by atoms with Crippen LogP contribution in [0.1, 0.15) is 11.3 Å². The second kappa shape index (κ2) is 5.98. The van der Waals surface area contributed by atoms with Gasteiger partial charge in [0.05, 0.1) is 18.7 Å². The van der Waals surface area contributed by atoms with Crippen molar-refractivity contribution in [2.24, 2.45) is 7.05 Å². The predicted molar refractivity (Wildman–Crippen MR) is 95.6 cm³/mol. The average Bonchev–Trinajstić information content (AvgIpc) is 3.17. The molecule has 4 aromatic rings. The van der Waals surface area contributed by atoms with Gasteiger partial charge in [0, 0.05) is 29.9 Å². The van der Waals surface area contributed by atoms with Crippen LogP contribution < -0.4 is 0 Å². The minimum Gasteiger partial charge on any atom is -0.390 e. The second-order valence-corrected chi connectivity index (χ2v) is 6.00. The number of aliphatic hydroxyl groups excluding tert-OH is 1. The molecular formula is C20H19N3O. The molecule has 4 rings (SSSR count). The van der Waals surface area contributed by atoms with Gasteiger partial charge >= 0.3 is 0 Å². The highest BCUT2D eigenvalue weighted by atomic mass is 16.3. The van der Waals surface area contributed by atoms with Gasteiger partial charge in [-0.05, 0) is 17.7 Å². The zero-order valence-electron chi connectivity index (χ0n) is 13.6. The van der Waals surface area contributed by atoms with Gasteiger partial charge in [0.25, 0.3) is 0 Å². The van der Waals surface area contributed by atoms with Gasteiger partial charge in [0.1, 0.15) is 5.69 Å². The normalized spacial score (nSPS) is 11.2. The first-order valence-corrected chi connectivity index (χ1v) is 8.02. The lowest BCUT2D eigenvalue weighted by molar-refractivity contribution is 0.273. The fourth-order valence-corrected chi connectivity index (χ4v) is 3.11. The van der Waals surface area contributed by atoms with Crippen LogP contribution in [0.3, 0.4) is 0 Å². The Kier molecular flexibility index (Phi) is 3.67. The van der Waals surface area contributed by atoms with Crippen molar-refractivity contribution in [3.8, 4) is 11.3 Å². The van der Waals surface area contributed by atoms with Crippen LogP contribution in [0, 0.1) is 0 Å². The van der Waals surface area contributed by atoms with Crippen molar-refractivity contribution in [1.82, 2.24) is 14.3 Å². The molecule has 0 fully saturated rings. The molecule has 0 radical (unpaired) electrons. The Morgan fingerprint density at radius 3 is 2.50 bits per heavy atom. The highest BCUT2D eigenvalue weighted by Crippen LogP contribution is 2.29. The summed E-state index contributed by atoms with van der Waals surface area (Å²) in [6, 6.07) is 20.6. The molecule has 0 spiro atoms. The molecule has 0 amide bonds. The number of benzene rings is 2. The Morgan fingerprint density at radius 2 is 1.75 bits per heavy atom. The van der Waals surface area contributed by atoms with Crippen LogP contribution in [0.25, 0.3) is 22.2 Å². The van der Waals surface area contributed by atoms with E-state index in [0.717, 1.165) is 34.4 Å². The topological polar surface area (TPSA) is 43.0 Å². The summed E-state index contributed by atoms with van der Waals surface area (Å²) in [6.45, 7) is 0.764. The van der Waals surface area contributed by atoms with Crippen LogP contribution in [-0.2, 0) is 20.2 Å². The van der Waals surface area contributed by atoms with E-state index in [1.165, 1.54) is 5.56 Å². The summed E-state index contributed by atoms with van der Waals surface area (Å²) in [5.41, 5.74) is 5.21. The first kappa shape index (κ1) is 14.7. The molecule has 0 saturated carbocycles. The molecule has 2 aromatic carbocycles. The van der Waals surface area contributed by atoms with E-state index in [1.807, 2.05) is 58.9 Å². The predicted octanol–water partition coefficient (Wildman–Crippen LogP) is 3.58. The monoisotopic (exact) mass is 317 g/mol. The number of hydrogen-bond donors (Lipinski definition) is 1. The van der Waals surface area contributed by atoms with Gasteiger partial charge in [0.15, 0.2) is 0 Å². The third-order valence-corrected chi connectivity index (χ3v) is 4.38. The summed E-state index contributed by atoms with van der Waals surface area (Å²) >= 11 is 0. The fourth-order valence-electron chi connectivity index (χ4n) is 3.11. The van der Waals surface area contributed by atoms with Gasteiger partial charge in [-0.25, -0.2) is 0 Å². The smallest absolute Gasteiger partial charge is 0.102 e. The van der Waals surface area contributed by atoms with Gasteiger partial charge < -0.3 is 9.67 Å². The van der Waals surface area contributed by atoms with Crippen LogP contribution >= 0.6 is 0 Å². The maximum absolute atomic E-state index is 9.45. The Labute approximate surface area is 140 Å². The first-order chi connectivity index (χ1) is 11.8. The second-order valence-electron chi connectivity index (χ2n) is 6.00. The van der Waals surface area contributed by atoms with E-state index in [1.54, 1.807) is 0 Å². The summed E-state index contributed by atoms with van der Waals surface area (Å²) in [5.74, 6) is 0. The number of aromatic nitrogens is 3. The summed E-state index contributed by atoms with van der Waals surface area (Å²) < 4.78 is 3.99. The minimum atomic E-state index is 0.0269. The number of fused-ring (bicyclic) bond motifs is 1. The molecular weight excluding hydrogens is 298 g/mol. The van der Waals surface area contributed by atoms with E-state index >= 15 is 0 Å². The van der Waals surface area contributed by atoms with Crippen molar-refractivity contribution >= 4 is 10.9 Å². The summed E-state index contributed by atoms with van der Waals surface area (Å²) in [6.07, 6.45) is 2.02. The molecule has 120 valence electrons. The van der Waals surface area contributed by atoms with Crippen LogP contribution in [0.4, 0.5) is 0 Å². The van der Waals surface area contributed by atoms with Crippen LogP contribution in [0.2, 0.25) is 0 Å². The highest BCUT2D eigenvalue weighted by Gasteiger charge is 2.14. The molecule has 0 atom stereocenters. The van der Waals surface area contributed by atoms with Crippen LogP contribution in [0.15, 0.2) is 66.9 Å². The number of rotatable bonds is 4. The van der Waals surface area contributed by atoms with E-state index in [0.29, 0.717) is 0 Å². The van der Waals surface area contributed by atoms with Crippen molar-refractivity contribution in [3.63, 3.8) is 0 Å². The van der Waals surface area contributed by atoms with E-state index in [-0.39, 0.29) is 6.61 Å². The third kappa shape index (κ3) is 2.51. The average molecular weight is 317 g/mol. The van der Waals surface area contributed by atoms with Crippen LogP contribution in [-0.4, -0.2) is 19.5 Å². The molecule has 4 nitrogen and oxygen atoms in total. The Bertz CT molecular complexity index is 983. The molecule has 0 aliphatic carbocycles. The SMILES string of the molecule is Cn1cc(-c2nn(Cc3ccccc3)c3ccccc23)cc1CO. The quantitative estimate of drug-likeness (QED) is 0.625. The van der Waals surface area contributed by atoms with E-state index in [2.05, 4.69) is 24.3 Å². The van der Waals surface area contributed by atoms with Gasteiger partial charge in [-0.15, -0.1) is 0 Å². The zero-order valence-corrected chi connectivity index (χ0v) is 13.6. The molecule has 24 heavy (non-hydrogen) atoms. The van der Waals surface area contributed by atoms with Crippen molar-refractivity contribution in [3.05, 3.63) is 78.1 Å². The van der Waals surface area contributed by atoms with Crippen molar-refractivity contribution in [2.75, 3.05) is 0 Å². The Balaban J connectivity index is 1.84. The number of aryl methyl sites for hydroxylation is 1. The lowest BCUT2D eigenvalue weighted by Gasteiger charge is -2.03. The van der Waals surface area contributed by atoms with Gasteiger partial charge in [-0.3, -0.25) is 4.68 Å². The van der Waals surface area contributed by atoms with Crippen molar-refractivity contribution in [2.45, 2.75) is 13.2 Å². The van der Waals surface area contributed by atoms with Crippen LogP contribution in [0.5, 0.6) is 0 Å². The third-order valence-electron chi connectivity index (χ3n) is 4.38. The fraction of sp³-hybridized carbons (Fsp3) is 0.150. The summed E-state index contributed by atoms with van der Waals surface area (Å²) in [7, 11) is 1.94. The van der Waals surface area contributed by atoms with Crippen molar-refractivity contribution in [1.29, 1.82) is 0 Å². The summed E-state index contributed by atoms with van der Waals surface area (Å²) in [5, 5.41) is 15.4. The molecule has 0 unspecified atom stereocenters. The molecule has 2 heterocycles. The molecule has 0 bridgehead atoms. The number of hydrogen-bond acceptors (Lipinski definition) is 2. The Morgan fingerprint density at radius 1 is 1.00 bits per heavy atom. The standard InChI is InChI=1S/C20H19N3O/c1-22-13-16(11-17(22)14-24)20-18-9-5-6-10-19(18)23(21-20)12-15-7-3-2-4-8-15/h2-11,13,24H,12,14H2,1H3. The summed E-state index contributed by atoms with van der Waals surface area (Å²) in [4.78, 5) is 0. The first-order valence-electron chi connectivity index (χ1n) is 8.02. The van der Waals surface area contributed by atoms with E-state index < -0.39 is 0 Å². The maximum atomic E-state index is 9.45. The lowest BCUT2D eigenvalue weighted by atomic mass is 10.1.